The van der Waals surface area contributed by atoms with Crippen LogP contribution in [0.1, 0.15) is 28.9 Å². The van der Waals surface area contributed by atoms with Crippen molar-refractivity contribution in [1.29, 1.82) is 5.26 Å². The molecule has 0 radical (unpaired) electrons. The summed E-state index contributed by atoms with van der Waals surface area (Å²) in [6.45, 7) is 2.62. The molecule has 1 aromatic carbocycles. The molecule has 0 aliphatic rings. The van der Waals surface area contributed by atoms with Crippen LogP contribution in [0.2, 0.25) is 0 Å². The number of quaternary nitrogens is 1. The fourth-order valence-electron chi connectivity index (χ4n) is 2.30. The maximum Gasteiger partial charge on any atom is 0.263 e. The molecule has 22 heavy (non-hydrogen) atoms. The van der Waals surface area contributed by atoms with Gasteiger partial charge >= 0.3 is 0 Å². The molecule has 2 rings (SSSR count). The van der Waals surface area contributed by atoms with Crippen LogP contribution >= 0.6 is 0 Å². The topological polar surface area (TPSA) is 41.6 Å². The smallest absolute Gasteiger partial charge is 0.263 e. The van der Waals surface area contributed by atoms with Crippen LogP contribution in [0.25, 0.3) is 5.69 Å². The van der Waals surface area contributed by atoms with Gasteiger partial charge in [0.2, 0.25) is 0 Å². The Balaban J connectivity index is 2.56. The lowest BCUT2D eigenvalue weighted by Gasteiger charge is -2.25. The van der Waals surface area contributed by atoms with Crippen LogP contribution in [-0.2, 0) is 6.54 Å². The minimum atomic E-state index is -2.59. The molecule has 1 heterocycles. The predicted molar refractivity (Wildman–Crippen MR) is 79.7 cm³/mol. The Bertz CT molecular complexity index is 721. The summed E-state index contributed by atoms with van der Waals surface area (Å²) in [5.41, 5.74) is 2.49. The lowest BCUT2D eigenvalue weighted by Crippen LogP contribution is -2.34. The standard InChI is InChI=1S/C16H19F2N4/c1-11-15(9-22(2,3)4)21(10-20-11)14-6-5-12(16(17)18)7-13(14)8-19/h5-7,10,16H,9H2,1-4H3/q+1. The van der Waals surface area contributed by atoms with E-state index in [2.05, 4.69) is 26.1 Å². The van der Waals surface area contributed by atoms with Gasteiger partial charge in [-0.05, 0) is 19.1 Å². The zero-order valence-electron chi connectivity index (χ0n) is 13.1. The molecule has 0 aliphatic heterocycles. The number of hydrogen-bond acceptors (Lipinski definition) is 2. The minimum absolute atomic E-state index is 0.148. The lowest BCUT2D eigenvalue weighted by atomic mass is 10.1. The predicted octanol–water partition coefficient (Wildman–Crippen LogP) is 3.20. The van der Waals surface area contributed by atoms with E-state index in [1.165, 1.54) is 12.1 Å². The van der Waals surface area contributed by atoms with Crippen molar-refractivity contribution < 1.29 is 13.3 Å². The van der Waals surface area contributed by atoms with Crippen LogP contribution in [0.5, 0.6) is 0 Å². The molecule has 0 saturated carbocycles. The summed E-state index contributed by atoms with van der Waals surface area (Å²) in [7, 11) is 6.17. The van der Waals surface area contributed by atoms with Gasteiger partial charge in [-0.15, -0.1) is 0 Å². The van der Waals surface area contributed by atoms with Gasteiger partial charge in [0.1, 0.15) is 18.3 Å². The molecule has 0 amide bonds. The summed E-state index contributed by atoms with van der Waals surface area (Å²) < 4.78 is 28.1. The highest BCUT2D eigenvalue weighted by Crippen LogP contribution is 2.25. The van der Waals surface area contributed by atoms with Crippen molar-refractivity contribution in [3.05, 3.63) is 47.0 Å². The van der Waals surface area contributed by atoms with Gasteiger partial charge in [-0.25, -0.2) is 13.8 Å². The van der Waals surface area contributed by atoms with Crippen LogP contribution in [0.4, 0.5) is 8.78 Å². The van der Waals surface area contributed by atoms with Crippen molar-refractivity contribution in [3.8, 4) is 11.8 Å². The number of imidazole rings is 1. The van der Waals surface area contributed by atoms with Crippen molar-refractivity contribution in [2.24, 2.45) is 0 Å². The molecule has 6 heteroatoms. The first-order chi connectivity index (χ1) is 10.2. The van der Waals surface area contributed by atoms with Crippen LogP contribution in [0, 0.1) is 18.3 Å². The molecule has 0 fully saturated rings. The van der Waals surface area contributed by atoms with Gasteiger partial charge in [0.25, 0.3) is 6.43 Å². The van der Waals surface area contributed by atoms with Crippen molar-refractivity contribution in [1.82, 2.24) is 9.55 Å². The summed E-state index contributed by atoms with van der Waals surface area (Å²) in [5, 5.41) is 9.28. The molecule has 0 saturated heterocycles. The van der Waals surface area contributed by atoms with Crippen molar-refractivity contribution >= 4 is 0 Å². The molecule has 0 bridgehead atoms. The number of rotatable bonds is 4. The quantitative estimate of drug-likeness (QED) is 0.814. The van der Waals surface area contributed by atoms with Gasteiger partial charge in [0.05, 0.1) is 44.4 Å². The summed E-state index contributed by atoms with van der Waals surface area (Å²) >= 11 is 0. The summed E-state index contributed by atoms with van der Waals surface area (Å²) in [6.07, 6.45) is -0.949. The highest BCUT2D eigenvalue weighted by atomic mass is 19.3. The van der Waals surface area contributed by atoms with E-state index in [0.29, 0.717) is 16.7 Å². The molecule has 1 aromatic heterocycles. The number of nitriles is 1. The number of benzene rings is 1. The molecule has 4 nitrogen and oxygen atoms in total. The molecule has 0 atom stereocenters. The molecule has 0 aliphatic carbocycles. The monoisotopic (exact) mass is 305 g/mol. The maximum atomic E-state index is 12.8. The molecule has 116 valence electrons. The molecule has 0 spiro atoms. The summed E-state index contributed by atoms with van der Waals surface area (Å²) in [5.74, 6) is 0. The molecule has 0 N–H and O–H groups in total. The van der Waals surface area contributed by atoms with E-state index in [-0.39, 0.29) is 11.1 Å². The molecule has 2 aromatic rings. The number of aromatic nitrogens is 2. The first-order valence-electron chi connectivity index (χ1n) is 6.89. The Morgan fingerprint density at radius 3 is 2.55 bits per heavy atom. The van der Waals surface area contributed by atoms with Crippen LogP contribution in [0.3, 0.4) is 0 Å². The van der Waals surface area contributed by atoms with Gasteiger partial charge in [-0.3, -0.25) is 4.57 Å². The van der Waals surface area contributed by atoms with Gasteiger partial charge in [-0.1, -0.05) is 6.07 Å². The third-order valence-electron chi connectivity index (χ3n) is 3.35. The van der Waals surface area contributed by atoms with Crippen molar-refractivity contribution in [2.45, 2.75) is 19.9 Å². The first-order valence-corrected chi connectivity index (χ1v) is 6.89. The van der Waals surface area contributed by atoms with Crippen LogP contribution in [0.15, 0.2) is 24.5 Å². The van der Waals surface area contributed by atoms with Gasteiger partial charge < -0.3 is 4.48 Å². The molecular formula is C16H19F2N4+. The Morgan fingerprint density at radius 1 is 1.32 bits per heavy atom. The van der Waals surface area contributed by atoms with Gasteiger partial charge in [0, 0.05) is 5.56 Å². The zero-order chi connectivity index (χ0) is 16.5. The van der Waals surface area contributed by atoms with Gasteiger partial charge in [-0.2, -0.15) is 5.26 Å². The Hall–Kier alpha value is -2.26. The zero-order valence-corrected chi connectivity index (χ0v) is 13.1. The normalized spacial score (nSPS) is 11.7. The van der Waals surface area contributed by atoms with E-state index in [1.807, 2.05) is 17.6 Å². The Morgan fingerprint density at radius 2 is 2.00 bits per heavy atom. The largest absolute Gasteiger partial charge is 0.326 e. The average molecular weight is 305 g/mol. The number of alkyl halides is 2. The number of halogens is 2. The van der Waals surface area contributed by atoms with E-state index < -0.39 is 6.43 Å². The maximum absolute atomic E-state index is 12.8. The third-order valence-corrected chi connectivity index (χ3v) is 3.35. The second-order valence-corrected chi connectivity index (χ2v) is 6.28. The van der Waals surface area contributed by atoms with Crippen molar-refractivity contribution in [2.75, 3.05) is 21.1 Å². The van der Waals surface area contributed by atoms with E-state index in [4.69, 9.17) is 0 Å². The minimum Gasteiger partial charge on any atom is -0.326 e. The average Bonchev–Trinajstić information content (AvgIpc) is 2.77. The fourth-order valence-corrected chi connectivity index (χ4v) is 2.30. The van der Waals surface area contributed by atoms with E-state index in [9.17, 15) is 14.0 Å². The van der Waals surface area contributed by atoms with E-state index >= 15 is 0 Å². The van der Waals surface area contributed by atoms with Gasteiger partial charge in [0.15, 0.2) is 0 Å². The summed E-state index contributed by atoms with van der Waals surface area (Å²) in [6, 6.07) is 6.15. The SMILES string of the molecule is Cc1ncn(-c2ccc(C(F)F)cc2C#N)c1C[N+](C)(C)C. The Labute approximate surface area is 128 Å². The second-order valence-electron chi connectivity index (χ2n) is 6.28. The highest BCUT2D eigenvalue weighted by molar-refractivity contribution is 5.52. The summed E-state index contributed by atoms with van der Waals surface area (Å²) in [4.78, 5) is 4.31. The molecule has 0 unspecified atom stereocenters. The third kappa shape index (κ3) is 3.31. The molecular weight excluding hydrogens is 286 g/mol. The number of aryl methyl sites for hydroxylation is 1. The van der Waals surface area contributed by atoms with Crippen molar-refractivity contribution in [3.63, 3.8) is 0 Å². The van der Waals surface area contributed by atoms with Crippen LogP contribution in [-0.4, -0.2) is 35.2 Å². The van der Waals surface area contributed by atoms with Crippen LogP contribution < -0.4 is 0 Å². The second kappa shape index (κ2) is 5.85. The first kappa shape index (κ1) is 16.1. The highest BCUT2D eigenvalue weighted by Gasteiger charge is 2.19. The lowest BCUT2D eigenvalue weighted by molar-refractivity contribution is -0.884. The Kier molecular flexibility index (Phi) is 4.29. The number of hydrogen-bond donors (Lipinski definition) is 0. The number of nitrogens with zero attached hydrogens (tertiary/aromatic N) is 4. The van der Waals surface area contributed by atoms with E-state index in [0.717, 1.165) is 11.4 Å². The fraction of sp³-hybridized carbons (Fsp3) is 0.375. The van der Waals surface area contributed by atoms with E-state index in [1.54, 1.807) is 12.4 Å².